The van der Waals surface area contributed by atoms with E-state index >= 15 is 0 Å². The summed E-state index contributed by atoms with van der Waals surface area (Å²) < 4.78 is 34.1. The maximum absolute atomic E-state index is 12.2. The molecule has 1 fully saturated rings. The molecule has 0 bridgehead atoms. The van der Waals surface area contributed by atoms with Gasteiger partial charge in [0.05, 0.1) is 0 Å². The van der Waals surface area contributed by atoms with E-state index in [9.17, 15) is 8.78 Å². The molecule has 0 saturated carbocycles. The maximum Gasteiger partial charge on any atom is 0.387 e. The van der Waals surface area contributed by atoms with Crippen LogP contribution in [0.3, 0.4) is 0 Å². The summed E-state index contributed by atoms with van der Waals surface area (Å²) in [6, 6.07) is 7.19. The zero-order chi connectivity index (χ0) is 15.1. The summed E-state index contributed by atoms with van der Waals surface area (Å²) in [5.41, 5.74) is 1.12. The van der Waals surface area contributed by atoms with Crippen molar-refractivity contribution in [1.29, 1.82) is 0 Å². The summed E-state index contributed by atoms with van der Waals surface area (Å²) in [5, 5.41) is 3.48. The number of rotatable bonds is 7. The Balaban J connectivity index is 1.99. The molecule has 0 aliphatic carbocycles. The van der Waals surface area contributed by atoms with E-state index in [-0.39, 0.29) is 11.8 Å². The summed E-state index contributed by atoms with van der Waals surface area (Å²) in [7, 11) is 0. The van der Waals surface area contributed by atoms with Crippen molar-refractivity contribution in [3.05, 3.63) is 29.8 Å². The van der Waals surface area contributed by atoms with Crippen molar-refractivity contribution in [3.63, 3.8) is 0 Å². The standard InChI is InChI=1S/C16H23F2NO2/c1-2-19-15(11-12-7-9-20-10-8-12)13-3-5-14(6-4-13)21-16(17)18/h3-6,12,15-16,19H,2,7-11H2,1H3. The second kappa shape index (κ2) is 8.29. The van der Waals surface area contributed by atoms with Crippen molar-refractivity contribution in [2.24, 2.45) is 5.92 Å². The average Bonchev–Trinajstić information content (AvgIpc) is 2.48. The van der Waals surface area contributed by atoms with E-state index in [2.05, 4.69) is 17.0 Å². The van der Waals surface area contributed by atoms with Crippen LogP contribution in [0.4, 0.5) is 8.78 Å². The summed E-state index contributed by atoms with van der Waals surface area (Å²) in [6.45, 7) is 1.85. The molecule has 1 atom stereocenters. The Morgan fingerprint density at radius 2 is 1.90 bits per heavy atom. The topological polar surface area (TPSA) is 30.5 Å². The van der Waals surface area contributed by atoms with Gasteiger partial charge in [-0.2, -0.15) is 8.78 Å². The third-order valence-electron chi connectivity index (χ3n) is 3.87. The van der Waals surface area contributed by atoms with Gasteiger partial charge < -0.3 is 14.8 Å². The molecule has 0 aromatic heterocycles. The van der Waals surface area contributed by atoms with Crippen LogP contribution in [-0.4, -0.2) is 26.4 Å². The quantitative estimate of drug-likeness (QED) is 0.831. The number of benzene rings is 1. The molecule has 1 heterocycles. The fourth-order valence-corrected chi connectivity index (χ4v) is 2.78. The SMILES string of the molecule is CCNC(CC1CCOCC1)c1ccc(OC(F)F)cc1. The molecule has 1 saturated heterocycles. The number of alkyl halides is 2. The van der Waals surface area contributed by atoms with Crippen molar-refractivity contribution < 1.29 is 18.3 Å². The van der Waals surface area contributed by atoms with Crippen LogP contribution in [0.2, 0.25) is 0 Å². The smallest absolute Gasteiger partial charge is 0.387 e. The van der Waals surface area contributed by atoms with Gasteiger partial charge in [0, 0.05) is 19.3 Å². The van der Waals surface area contributed by atoms with Crippen molar-refractivity contribution in [2.75, 3.05) is 19.8 Å². The van der Waals surface area contributed by atoms with Crippen LogP contribution >= 0.6 is 0 Å². The van der Waals surface area contributed by atoms with E-state index in [0.717, 1.165) is 44.6 Å². The van der Waals surface area contributed by atoms with Crippen LogP contribution in [0.1, 0.15) is 37.8 Å². The minimum atomic E-state index is -2.78. The molecule has 0 amide bonds. The third kappa shape index (κ3) is 5.25. The molecular weight excluding hydrogens is 276 g/mol. The second-order valence-electron chi connectivity index (χ2n) is 5.35. The third-order valence-corrected chi connectivity index (χ3v) is 3.87. The minimum Gasteiger partial charge on any atom is -0.435 e. The lowest BCUT2D eigenvalue weighted by Gasteiger charge is -2.27. The van der Waals surface area contributed by atoms with Crippen molar-refractivity contribution >= 4 is 0 Å². The summed E-state index contributed by atoms with van der Waals surface area (Å²) in [4.78, 5) is 0. The Kier molecular flexibility index (Phi) is 6.39. The van der Waals surface area contributed by atoms with E-state index < -0.39 is 6.61 Å². The van der Waals surface area contributed by atoms with Crippen molar-refractivity contribution in [1.82, 2.24) is 5.32 Å². The molecule has 1 aromatic rings. The van der Waals surface area contributed by atoms with Crippen molar-refractivity contribution in [2.45, 2.75) is 38.8 Å². The Bertz CT molecular complexity index is 405. The van der Waals surface area contributed by atoms with Gasteiger partial charge >= 0.3 is 6.61 Å². The van der Waals surface area contributed by atoms with Gasteiger partial charge in [-0.05, 0) is 49.4 Å². The monoisotopic (exact) mass is 299 g/mol. The van der Waals surface area contributed by atoms with Gasteiger partial charge in [-0.1, -0.05) is 19.1 Å². The predicted octanol–water partition coefficient (Wildman–Crippen LogP) is 3.76. The number of hydrogen-bond donors (Lipinski definition) is 1. The molecule has 1 aliphatic heterocycles. The van der Waals surface area contributed by atoms with Gasteiger partial charge in [-0.25, -0.2) is 0 Å². The molecule has 3 nitrogen and oxygen atoms in total. The van der Waals surface area contributed by atoms with E-state index in [1.807, 2.05) is 12.1 Å². The first kappa shape index (κ1) is 16.2. The zero-order valence-corrected chi connectivity index (χ0v) is 12.4. The molecular formula is C16H23F2NO2. The first-order valence-electron chi connectivity index (χ1n) is 7.55. The van der Waals surface area contributed by atoms with Gasteiger partial charge in [0.15, 0.2) is 0 Å². The molecule has 118 valence electrons. The van der Waals surface area contributed by atoms with Gasteiger partial charge in [0.2, 0.25) is 0 Å². The Hall–Kier alpha value is -1.20. The molecule has 1 unspecified atom stereocenters. The summed E-state index contributed by atoms with van der Waals surface area (Å²) in [5.74, 6) is 0.856. The zero-order valence-electron chi connectivity index (χ0n) is 12.4. The molecule has 0 spiro atoms. The molecule has 0 radical (unpaired) electrons. The van der Waals surface area contributed by atoms with E-state index in [1.54, 1.807) is 12.1 Å². The normalized spacial score (nSPS) is 17.9. The summed E-state index contributed by atoms with van der Waals surface area (Å²) >= 11 is 0. The summed E-state index contributed by atoms with van der Waals surface area (Å²) in [6.07, 6.45) is 3.23. The van der Waals surface area contributed by atoms with Crippen LogP contribution in [-0.2, 0) is 4.74 Å². The van der Waals surface area contributed by atoms with Crippen molar-refractivity contribution in [3.8, 4) is 5.75 Å². The Morgan fingerprint density at radius 3 is 2.48 bits per heavy atom. The van der Waals surface area contributed by atoms with Gasteiger partial charge in [-0.15, -0.1) is 0 Å². The second-order valence-corrected chi connectivity index (χ2v) is 5.35. The van der Waals surface area contributed by atoms with Crippen LogP contribution in [0, 0.1) is 5.92 Å². The average molecular weight is 299 g/mol. The van der Waals surface area contributed by atoms with Crippen LogP contribution in [0.5, 0.6) is 5.75 Å². The fraction of sp³-hybridized carbons (Fsp3) is 0.625. The Morgan fingerprint density at radius 1 is 1.24 bits per heavy atom. The molecule has 2 rings (SSSR count). The lowest BCUT2D eigenvalue weighted by Crippen LogP contribution is -2.26. The maximum atomic E-state index is 12.2. The van der Waals surface area contributed by atoms with Crippen LogP contribution < -0.4 is 10.1 Å². The molecule has 1 N–H and O–H groups in total. The van der Waals surface area contributed by atoms with Gasteiger partial charge in [-0.3, -0.25) is 0 Å². The van der Waals surface area contributed by atoms with E-state index in [0.29, 0.717) is 5.92 Å². The van der Waals surface area contributed by atoms with Crippen LogP contribution in [0.25, 0.3) is 0 Å². The van der Waals surface area contributed by atoms with E-state index in [1.165, 1.54) is 0 Å². The van der Waals surface area contributed by atoms with Crippen LogP contribution in [0.15, 0.2) is 24.3 Å². The van der Waals surface area contributed by atoms with E-state index in [4.69, 9.17) is 4.74 Å². The lowest BCUT2D eigenvalue weighted by molar-refractivity contribution is -0.0498. The molecule has 21 heavy (non-hydrogen) atoms. The number of halogens is 2. The fourth-order valence-electron chi connectivity index (χ4n) is 2.78. The highest BCUT2D eigenvalue weighted by atomic mass is 19.3. The van der Waals surface area contributed by atoms with Gasteiger partial charge in [0.1, 0.15) is 5.75 Å². The highest BCUT2D eigenvalue weighted by molar-refractivity contribution is 5.29. The lowest BCUT2D eigenvalue weighted by atomic mass is 9.89. The number of ether oxygens (including phenoxy) is 2. The highest BCUT2D eigenvalue weighted by Gasteiger charge is 2.20. The first-order valence-corrected chi connectivity index (χ1v) is 7.55. The predicted molar refractivity (Wildman–Crippen MR) is 77.7 cm³/mol. The molecule has 1 aliphatic rings. The highest BCUT2D eigenvalue weighted by Crippen LogP contribution is 2.28. The minimum absolute atomic E-state index is 0.204. The first-order chi connectivity index (χ1) is 10.2. The number of nitrogens with one attached hydrogen (secondary N) is 1. The molecule has 1 aromatic carbocycles. The van der Waals surface area contributed by atoms with Gasteiger partial charge in [0.25, 0.3) is 0 Å². The Labute approximate surface area is 124 Å². The molecule has 5 heteroatoms. The number of hydrogen-bond acceptors (Lipinski definition) is 3. The largest absolute Gasteiger partial charge is 0.435 e.